The van der Waals surface area contributed by atoms with Gasteiger partial charge < -0.3 is 10.1 Å². The standard InChI is InChI=1S/C23H22N4O2/c1-3-29-19-14-12-17(13-15-19)22(24-23(28)18-10-8-16(2)9-11-18)27-21-7-5-4-6-20(21)25-26-27/h4-15,22H,3H2,1-2H3,(H,24,28)/t22-/m0/s1. The number of carbonyl (C=O) groups is 1. The van der Waals surface area contributed by atoms with Gasteiger partial charge in [-0.15, -0.1) is 5.10 Å². The molecule has 1 heterocycles. The van der Waals surface area contributed by atoms with E-state index in [0.29, 0.717) is 12.2 Å². The third-order valence-corrected chi connectivity index (χ3v) is 4.71. The zero-order chi connectivity index (χ0) is 20.2. The molecule has 0 aliphatic carbocycles. The fraction of sp³-hybridized carbons (Fsp3) is 0.174. The first-order valence-corrected chi connectivity index (χ1v) is 9.56. The Balaban J connectivity index is 1.72. The van der Waals surface area contributed by atoms with Crippen LogP contribution in [-0.2, 0) is 0 Å². The number of rotatable bonds is 6. The number of para-hydroxylation sites is 1. The largest absolute Gasteiger partial charge is 0.494 e. The maximum Gasteiger partial charge on any atom is 0.253 e. The van der Waals surface area contributed by atoms with Crippen molar-refractivity contribution in [2.75, 3.05) is 6.61 Å². The second-order valence-electron chi connectivity index (χ2n) is 6.77. The van der Waals surface area contributed by atoms with Crippen LogP contribution in [0.2, 0.25) is 0 Å². The van der Waals surface area contributed by atoms with Crippen LogP contribution in [0.3, 0.4) is 0 Å². The Morgan fingerprint density at radius 2 is 1.76 bits per heavy atom. The van der Waals surface area contributed by atoms with E-state index >= 15 is 0 Å². The van der Waals surface area contributed by atoms with Crippen LogP contribution < -0.4 is 10.1 Å². The van der Waals surface area contributed by atoms with Gasteiger partial charge >= 0.3 is 0 Å². The van der Waals surface area contributed by atoms with Gasteiger partial charge in [-0.25, -0.2) is 4.68 Å². The van der Waals surface area contributed by atoms with Gasteiger partial charge in [-0.05, 0) is 55.8 Å². The van der Waals surface area contributed by atoms with E-state index in [0.717, 1.165) is 27.9 Å². The lowest BCUT2D eigenvalue weighted by molar-refractivity contribution is 0.0927. The summed E-state index contributed by atoms with van der Waals surface area (Å²) in [5.41, 5.74) is 4.19. The minimum Gasteiger partial charge on any atom is -0.494 e. The molecule has 1 amide bonds. The third-order valence-electron chi connectivity index (χ3n) is 4.71. The molecule has 0 unspecified atom stereocenters. The van der Waals surface area contributed by atoms with Crippen LogP contribution in [0.25, 0.3) is 11.0 Å². The van der Waals surface area contributed by atoms with E-state index in [2.05, 4.69) is 15.6 Å². The van der Waals surface area contributed by atoms with Crippen LogP contribution in [0.15, 0.2) is 72.8 Å². The molecule has 4 aromatic rings. The molecule has 0 fully saturated rings. The molecule has 0 bridgehead atoms. The number of hydrogen-bond donors (Lipinski definition) is 1. The van der Waals surface area contributed by atoms with Gasteiger partial charge in [0, 0.05) is 5.56 Å². The van der Waals surface area contributed by atoms with Gasteiger partial charge in [0.2, 0.25) is 0 Å². The van der Waals surface area contributed by atoms with Gasteiger partial charge in [0.05, 0.1) is 12.1 Å². The predicted octanol–water partition coefficient (Wildman–Crippen LogP) is 4.12. The number of nitrogens with one attached hydrogen (secondary N) is 1. The van der Waals surface area contributed by atoms with Crippen LogP contribution in [-0.4, -0.2) is 27.5 Å². The van der Waals surface area contributed by atoms with Crippen molar-refractivity contribution < 1.29 is 9.53 Å². The molecule has 0 radical (unpaired) electrons. The van der Waals surface area contributed by atoms with Crippen molar-refractivity contribution in [3.8, 4) is 5.75 Å². The molecule has 0 aliphatic rings. The Bertz CT molecular complexity index is 1120. The number of amides is 1. The molecule has 0 aliphatic heterocycles. The number of nitrogens with zero attached hydrogens (tertiary/aromatic N) is 3. The van der Waals surface area contributed by atoms with Crippen molar-refractivity contribution in [3.63, 3.8) is 0 Å². The van der Waals surface area contributed by atoms with Crippen LogP contribution in [0, 0.1) is 6.92 Å². The summed E-state index contributed by atoms with van der Waals surface area (Å²) in [5.74, 6) is 0.603. The molecule has 0 spiro atoms. The zero-order valence-electron chi connectivity index (χ0n) is 16.4. The average Bonchev–Trinajstić information content (AvgIpc) is 3.17. The van der Waals surface area contributed by atoms with E-state index in [-0.39, 0.29) is 5.91 Å². The molecular formula is C23H22N4O2. The summed E-state index contributed by atoms with van der Waals surface area (Å²) in [6.45, 7) is 4.53. The molecule has 3 aromatic carbocycles. The van der Waals surface area contributed by atoms with Crippen LogP contribution in [0.1, 0.15) is 34.6 Å². The van der Waals surface area contributed by atoms with E-state index in [1.165, 1.54) is 0 Å². The zero-order valence-corrected chi connectivity index (χ0v) is 16.4. The topological polar surface area (TPSA) is 69.0 Å². The van der Waals surface area contributed by atoms with E-state index in [4.69, 9.17) is 4.74 Å². The number of aromatic nitrogens is 3. The molecule has 4 rings (SSSR count). The highest BCUT2D eigenvalue weighted by Crippen LogP contribution is 2.23. The molecule has 1 N–H and O–H groups in total. The Hall–Kier alpha value is -3.67. The summed E-state index contributed by atoms with van der Waals surface area (Å²) in [6.07, 6.45) is -0.508. The highest BCUT2D eigenvalue weighted by molar-refractivity contribution is 5.94. The first-order chi connectivity index (χ1) is 14.2. The summed E-state index contributed by atoms with van der Waals surface area (Å²) < 4.78 is 7.27. The van der Waals surface area contributed by atoms with Crippen molar-refractivity contribution in [1.29, 1.82) is 0 Å². The fourth-order valence-corrected chi connectivity index (χ4v) is 3.19. The van der Waals surface area contributed by atoms with Crippen molar-refractivity contribution >= 4 is 16.9 Å². The molecule has 0 saturated carbocycles. The van der Waals surface area contributed by atoms with Crippen molar-refractivity contribution in [3.05, 3.63) is 89.5 Å². The van der Waals surface area contributed by atoms with Gasteiger partial charge in [-0.1, -0.05) is 47.2 Å². The van der Waals surface area contributed by atoms with Gasteiger partial charge in [-0.2, -0.15) is 0 Å². The summed E-state index contributed by atoms with van der Waals surface area (Å²) in [5, 5.41) is 11.6. The Morgan fingerprint density at radius 3 is 2.48 bits per heavy atom. The van der Waals surface area contributed by atoms with E-state index in [9.17, 15) is 4.79 Å². The monoisotopic (exact) mass is 386 g/mol. The molecule has 6 heteroatoms. The average molecular weight is 386 g/mol. The highest BCUT2D eigenvalue weighted by Gasteiger charge is 2.21. The molecular weight excluding hydrogens is 364 g/mol. The second-order valence-corrected chi connectivity index (χ2v) is 6.77. The minimum atomic E-state index is -0.508. The van der Waals surface area contributed by atoms with Crippen molar-refractivity contribution in [2.45, 2.75) is 20.0 Å². The molecule has 1 atom stereocenters. The maximum absolute atomic E-state index is 12.9. The van der Waals surface area contributed by atoms with Crippen LogP contribution >= 0.6 is 0 Å². The summed E-state index contributed by atoms with van der Waals surface area (Å²) >= 11 is 0. The number of aryl methyl sites for hydroxylation is 1. The summed E-state index contributed by atoms with van der Waals surface area (Å²) in [6, 6.07) is 22.8. The molecule has 146 valence electrons. The van der Waals surface area contributed by atoms with Crippen molar-refractivity contribution in [1.82, 2.24) is 20.3 Å². The quantitative estimate of drug-likeness (QED) is 0.541. The Morgan fingerprint density at radius 1 is 1.03 bits per heavy atom. The van der Waals surface area contributed by atoms with Gasteiger partial charge in [0.1, 0.15) is 11.3 Å². The molecule has 29 heavy (non-hydrogen) atoms. The van der Waals surface area contributed by atoms with Crippen LogP contribution in [0.4, 0.5) is 0 Å². The Kier molecular flexibility index (Phi) is 5.24. The number of benzene rings is 3. The van der Waals surface area contributed by atoms with E-state index < -0.39 is 6.17 Å². The summed E-state index contributed by atoms with van der Waals surface area (Å²) in [7, 11) is 0. The highest BCUT2D eigenvalue weighted by atomic mass is 16.5. The SMILES string of the molecule is CCOc1ccc([C@@H](NC(=O)c2ccc(C)cc2)n2nnc3ccccc32)cc1. The normalized spacial score (nSPS) is 11.9. The lowest BCUT2D eigenvalue weighted by atomic mass is 10.1. The van der Waals surface area contributed by atoms with Gasteiger partial charge in [0.15, 0.2) is 6.17 Å². The molecule has 1 aromatic heterocycles. The first-order valence-electron chi connectivity index (χ1n) is 9.56. The smallest absolute Gasteiger partial charge is 0.253 e. The van der Waals surface area contributed by atoms with Gasteiger partial charge in [-0.3, -0.25) is 4.79 Å². The fourth-order valence-electron chi connectivity index (χ4n) is 3.19. The molecule has 0 saturated heterocycles. The lowest BCUT2D eigenvalue weighted by Crippen LogP contribution is -2.34. The molecule has 6 nitrogen and oxygen atoms in total. The van der Waals surface area contributed by atoms with Gasteiger partial charge in [0.25, 0.3) is 5.91 Å². The third kappa shape index (κ3) is 3.96. The number of hydrogen-bond acceptors (Lipinski definition) is 4. The second kappa shape index (κ2) is 8.14. The van der Waals surface area contributed by atoms with Crippen LogP contribution in [0.5, 0.6) is 5.75 Å². The van der Waals surface area contributed by atoms with Crippen molar-refractivity contribution in [2.24, 2.45) is 0 Å². The number of fused-ring (bicyclic) bond motifs is 1. The number of carbonyl (C=O) groups excluding carboxylic acids is 1. The first kappa shape index (κ1) is 18.7. The van der Waals surface area contributed by atoms with E-state index in [1.54, 1.807) is 4.68 Å². The predicted molar refractivity (Wildman–Crippen MR) is 112 cm³/mol. The summed E-state index contributed by atoms with van der Waals surface area (Å²) in [4.78, 5) is 12.9. The number of ether oxygens (including phenoxy) is 1. The van der Waals surface area contributed by atoms with E-state index in [1.807, 2.05) is 86.6 Å². The lowest BCUT2D eigenvalue weighted by Gasteiger charge is -2.20. The maximum atomic E-state index is 12.9. The minimum absolute atomic E-state index is 0.177. The Labute approximate surface area is 169 Å².